The summed E-state index contributed by atoms with van der Waals surface area (Å²) >= 11 is 0. The lowest BCUT2D eigenvalue weighted by atomic mass is 10.1. The van der Waals surface area contributed by atoms with Gasteiger partial charge in [-0.15, -0.1) is 0 Å². The summed E-state index contributed by atoms with van der Waals surface area (Å²) in [6.45, 7) is 8.66. The van der Waals surface area contributed by atoms with Crippen LogP contribution in [0.5, 0.6) is 0 Å². The number of nitrogen functional groups attached to an aromatic ring is 1. The second-order valence-electron chi connectivity index (χ2n) is 6.85. The molecule has 3 rings (SSSR count). The fourth-order valence-electron chi connectivity index (χ4n) is 2.70. The number of aryl methyl sites for hydroxylation is 1. The summed E-state index contributed by atoms with van der Waals surface area (Å²) in [7, 11) is 0. The number of aromatic nitrogens is 2. The average molecular weight is 269 g/mol. The Bertz CT molecular complexity index is 625. The van der Waals surface area contributed by atoms with E-state index in [1.54, 1.807) is 0 Å². The Hall–Kier alpha value is -1.77. The van der Waals surface area contributed by atoms with Gasteiger partial charge in [0.25, 0.3) is 0 Å². The van der Waals surface area contributed by atoms with Gasteiger partial charge < -0.3 is 10.3 Å². The van der Waals surface area contributed by atoms with Crippen LogP contribution in [0.25, 0.3) is 11.3 Å². The summed E-state index contributed by atoms with van der Waals surface area (Å²) in [6, 6.07) is 8.44. The summed E-state index contributed by atoms with van der Waals surface area (Å²) in [5.41, 5.74) is 9.69. The van der Waals surface area contributed by atoms with E-state index in [9.17, 15) is 0 Å². The smallest absolute Gasteiger partial charge is 0.132 e. The third kappa shape index (κ3) is 2.21. The van der Waals surface area contributed by atoms with Gasteiger partial charge in [0.05, 0.1) is 0 Å². The number of nitrogens with zero attached hydrogens (tertiary/aromatic N) is 2. The summed E-state index contributed by atoms with van der Waals surface area (Å²) in [5, 5.41) is 0. The summed E-state index contributed by atoms with van der Waals surface area (Å²) < 4.78 is 2.22. The predicted octanol–water partition coefficient (Wildman–Crippen LogP) is 4.07. The van der Waals surface area contributed by atoms with Crippen molar-refractivity contribution in [3.8, 4) is 11.3 Å². The molecule has 0 amide bonds. The molecule has 0 bridgehead atoms. The second-order valence-corrected chi connectivity index (χ2v) is 6.85. The average Bonchev–Trinajstić information content (AvgIpc) is 3.13. The molecule has 3 heteroatoms. The molecule has 2 N–H and O–H groups in total. The lowest BCUT2D eigenvalue weighted by Gasteiger charge is -2.25. The highest BCUT2D eigenvalue weighted by Crippen LogP contribution is 2.44. The Morgan fingerprint density at radius 2 is 1.75 bits per heavy atom. The van der Waals surface area contributed by atoms with E-state index in [0.29, 0.717) is 5.92 Å². The van der Waals surface area contributed by atoms with E-state index in [4.69, 9.17) is 10.7 Å². The van der Waals surface area contributed by atoms with Crippen molar-refractivity contribution in [3.05, 3.63) is 35.7 Å². The number of imidazole rings is 1. The molecule has 3 nitrogen and oxygen atoms in total. The maximum Gasteiger partial charge on any atom is 0.132 e. The molecular formula is C17H23N3. The van der Waals surface area contributed by atoms with Crippen molar-refractivity contribution in [2.75, 3.05) is 5.73 Å². The van der Waals surface area contributed by atoms with Crippen LogP contribution in [-0.2, 0) is 5.54 Å². The normalized spacial score (nSPS) is 15.6. The molecule has 1 aromatic heterocycles. The first-order valence-electron chi connectivity index (χ1n) is 7.33. The SMILES string of the molecule is Cc1ccc(-c2nc(C3CC3)n(C(C)(C)C)c2N)cc1. The molecule has 0 aliphatic heterocycles. The number of anilines is 1. The van der Waals surface area contributed by atoms with Crippen molar-refractivity contribution >= 4 is 5.82 Å². The minimum absolute atomic E-state index is 0.0298. The molecule has 106 valence electrons. The Kier molecular flexibility index (Phi) is 2.89. The van der Waals surface area contributed by atoms with E-state index in [1.165, 1.54) is 18.4 Å². The highest BCUT2D eigenvalue weighted by atomic mass is 15.2. The van der Waals surface area contributed by atoms with Crippen LogP contribution in [0.2, 0.25) is 0 Å². The van der Waals surface area contributed by atoms with Crippen molar-refractivity contribution in [1.82, 2.24) is 9.55 Å². The van der Waals surface area contributed by atoms with Crippen LogP contribution in [0.1, 0.15) is 50.9 Å². The molecule has 1 aromatic carbocycles. The highest BCUT2D eigenvalue weighted by molar-refractivity contribution is 5.71. The molecule has 0 saturated heterocycles. The first kappa shape index (κ1) is 13.2. The quantitative estimate of drug-likeness (QED) is 0.893. The van der Waals surface area contributed by atoms with Crippen molar-refractivity contribution in [2.24, 2.45) is 0 Å². The topological polar surface area (TPSA) is 43.8 Å². The molecule has 2 aromatic rings. The van der Waals surface area contributed by atoms with Crippen LogP contribution < -0.4 is 5.73 Å². The van der Waals surface area contributed by atoms with Crippen LogP contribution in [-0.4, -0.2) is 9.55 Å². The largest absolute Gasteiger partial charge is 0.383 e. The molecule has 20 heavy (non-hydrogen) atoms. The van der Waals surface area contributed by atoms with E-state index in [0.717, 1.165) is 22.9 Å². The van der Waals surface area contributed by atoms with Gasteiger partial charge in [0.1, 0.15) is 17.3 Å². The van der Waals surface area contributed by atoms with E-state index in [-0.39, 0.29) is 5.54 Å². The molecule has 1 fully saturated rings. The number of benzene rings is 1. The fourth-order valence-corrected chi connectivity index (χ4v) is 2.70. The maximum absolute atomic E-state index is 6.43. The third-order valence-electron chi connectivity index (χ3n) is 3.88. The fraction of sp³-hybridized carbons (Fsp3) is 0.471. The summed E-state index contributed by atoms with van der Waals surface area (Å²) in [4.78, 5) is 4.88. The first-order chi connectivity index (χ1) is 9.38. The number of rotatable bonds is 2. The monoisotopic (exact) mass is 269 g/mol. The van der Waals surface area contributed by atoms with Crippen molar-refractivity contribution in [1.29, 1.82) is 0 Å². The van der Waals surface area contributed by atoms with E-state index >= 15 is 0 Å². The van der Waals surface area contributed by atoms with Crippen LogP contribution in [0.15, 0.2) is 24.3 Å². The van der Waals surface area contributed by atoms with Crippen LogP contribution >= 0.6 is 0 Å². The van der Waals surface area contributed by atoms with Crippen LogP contribution in [0.3, 0.4) is 0 Å². The van der Waals surface area contributed by atoms with Crippen molar-refractivity contribution < 1.29 is 0 Å². The van der Waals surface area contributed by atoms with Crippen LogP contribution in [0.4, 0.5) is 5.82 Å². The molecule has 0 spiro atoms. The zero-order valence-corrected chi connectivity index (χ0v) is 12.8. The highest BCUT2D eigenvalue weighted by Gasteiger charge is 2.34. The summed E-state index contributed by atoms with van der Waals surface area (Å²) in [6.07, 6.45) is 2.47. The maximum atomic E-state index is 6.43. The molecule has 0 unspecified atom stereocenters. The summed E-state index contributed by atoms with van der Waals surface area (Å²) in [5.74, 6) is 2.55. The zero-order chi connectivity index (χ0) is 14.5. The number of hydrogen-bond donors (Lipinski definition) is 1. The Balaban J connectivity index is 2.15. The molecule has 0 atom stereocenters. The van der Waals surface area contributed by atoms with E-state index < -0.39 is 0 Å². The van der Waals surface area contributed by atoms with Gasteiger partial charge >= 0.3 is 0 Å². The Morgan fingerprint density at radius 1 is 1.15 bits per heavy atom. The van der Waals surface area contributed by atoms with Gasteiger partial charge in [0.15, 0.2) is 0 Å². The van der Waals surface area contributed by atoms with Gasteiger partial charge in [-0.05, 0) is 40.5 Å². The van der Waals surface area contributed by atoms with Crippen molar-refractivity contribution in [2.45, 2.75) is 52.0 Å². The molecule has 1 aliphatic carbocycles. The van der Waals surface area contributed by atoms with Gasteiger partial charge in [-0.25, -0.2) is 4.98 Å². The lowest BCUT2D eigenvalue weighted by Crippen LogP contribution is -2.25. The molecule has 0 radical (unpaired) electrons. The number of hydrogen-bond acceptors (Lipinski definition) is 2. The van der Waals surface area contributed by atoms with Crippen molar-refractivity contribution in [3.63, 3.8) is 0 Å². The Labute approximate surface area is 120 Å². The second kappa shape index (κ2) is 4.37. The van der Waals surface area contributed by atoms with Gasteiger partial charge in [-0.3, -0.25) is 0 Å². The first-order valence-corrected chi connectivity index (χ1v) is 7.33. The standard InChI is InChI=1S/C17H23N3/c1-11-5-7-12(8-6-11)14-15(18)20(17(2,3)4)16(19-14)13-9-10-13/h5-8,13H,9-10,18H2,1-4H3. The van der Waals surface area contributed by atoms with Crippen LogP contribution in [0, 0.1) is 6.92 Å². The van der Waals surface area contributed by atoms with Gasteiger partial charge in [-0.1, -0.05) is 29.8 Å². The molecule has 1 aliphatic rings. The zero-order valence-electron chi connectivity index (χ0n) is 12.8. The van der Waals surface area contributed by atoms with Gasteiger partial charge in [-0.2, -0.15) is 0 Å². The molecular weight excluding hydrogens is 246 g/mol. The molecule has 1 heterocycles. The molecule has 1 saturated carbocycles. The van der Waals surface area contributed by atoms with E-state index in [1.807, 2.05) is 0 Å². The van der Waals surface area contributed by atoms with Gasteiger partial charge in [0.2, 0.25) is 0 Å². The van der Waals surface area contributed by atoms with E-state index in [2.05, 4.69) is 56.5 Å². The predicted molar refractivity (Wildman–Crippen MR) is 83.8 cm³/mol. The lowest BCUT2D eigenvalue weighted by molar-refractivity contribution is 0.388. The minimum Gasteiger partial charge on any atom is -0.383 e. The third-order valence-corrected chi connectivity index (χ3v) is 3.88. The number of nitrogens with two attached hydrogens (primary N) is 1. The van der Waals surface area contributed by atoms with Gasteiger partial charge in [0, 0.05) is 17.0 Å². The Morgan fingerprint density at radius 3 is 2.25 bits per heavy atom. The minimum atomic E-state index is -0.0298.